The number of ether oxygens (including phenoxy) is 2. The van der Waals surface area contributed by atoms with Crippen molar-refractivity contribution < 1.29 is 19.1 Å². The second kappa shape index (κ2) is 10.6. The van der Waals surface area contributed by atoms with Crippen LogP contribution in [0.25, 0.3) is 5.70 Å². The maximum atomic E-state index is 14.0. The lowest BCUT2D eigenvalue weighted by atomic mass is 9.80. The van der Waals surface area contributed by atoms with E-state index in [4.69, 9.17) is 14.6 Å². The molecule has 2 fully saturated rings. The highest BCUT2D eigenvalue weighted by Gasteiger charge is 2.38. The highest BCUT2D eigenvalue weighted by molar-refractivity contribution is 6.02. The number of carbonyl (C=O) groups is 2. The number of nitrogens with zero attached hydrogens (tertiary/aromatic N) is 3. The zero-order valence-electron chi connectivity index (χ0n) is 21.3. The van der Waals surface area contributed by atoms with Crippen molar-refractivity contribution in [3.63, 3.8) is 0 Å². The normalized spacial score (nSPS) is 25.5. The van der Waals surface area contributed by atoms with E-state index >= 15 is 0 Å². The summed E-state index contributed by atoms with van der Waals surface area (Å²) in [5.41, 5.74) is 1.74. The van der Waals surface area contributed by atoms with E-state index in [0.29, 0.717) is 30.5 Å². The van der Waals surface area contributed by atoms with Crippen molar-refractivity contribution in [3.05, 3.63) is 17.8 Å². The van der Waals surface area contributed by atoms with E-state index in [1.807, 2.05) is 9.58 Å². The Labute approximate surface area is 203 Å². The zero-order chi connectivity index (χ0) is 24.3. The third-order valence-corrected chi connectivity index (χ3v) is 7.82. The van der Waals surface area contributed by atoms with Crippen molar-refractivity contribution in [3.8, 4) is 0 Å². The number of amides is 1. The standard InChI is InChI=1S/C27H41N3O4/c1-5-34-26(32)23-18-29(21-10-14-27(3,4)15-11-21)28-24(23)30(22-12-16-33-17-13-22)25(31)20-8-6-19(2)7-9-20/h10,18-20,22H,5-9,11-17H2,1-4H3/t19-,20-. The molecule has 0 spiro atoms. The van der Waals surface area contributed by atoms with E-state index in [1.165, 1.54) is 0 Å². The van der Waals surface area contributed by atoms with Crippen LogP contribution in [-0.2, 0) is 14.3 Å². The van der Waals surface area contributed by atoms with Gasteiger partial charge < -0.3 is 9.47 Å². The summed E-state index contributed by atoms with van der Waals surface area (Å²) in [6, 6.07) is -0.0172. The fraction of sp³-hybridized carbons (Fsp3) is 0.741. The first-order valence-electron chi connectivity index (χ1n) is 13.2. The lowest BCUT2D eigenvalue weighted by molar-refractivity contribution is -0.124. The zero-order valence-corrected chi connectivity index (χ0v) is 21.3. The van der Waals surface area contributed by atoms with Gasteiger partial charge in [0.05, 0.1) is 6.61 Å². The minimum atomic E-state index is -0.414. The Morgan fingerprint density at radius 2 is 1.88 bits per heavy atom. The molecule has 0 radical (unpaired) electrons. The molecule has 0 unspecified atom stereocenters. The van der Waals surface area contributed by atoms with Gasteiger partial charge >= 0.3 is 5.97 Å². The predicted molar refractivity (Wildman–Crippen MR) is 133 cm³/mol. The van der Waals surface area contributed by atoms with Crippen molar-refractivity contribution in [2.45, 2.75) is 91.5 Å². The first-order valence-corrected chi connectivity index (χ1v) is 13.2. The molecule has 1 aromatic heterocycles. The third kappa shape index (κ3) is 5.56. The number of esters is 1. The monoisotopic (exact) mass is 471 g/mol. The van der Waals surface area contributed by atoms with Crippen molar-refractivity contribution in [2.75, 3.05) is 24.7 Å². The number of hydrogen-bond acceptors (Lipinski definition) is 5. The summed E-state index contributed by atoms with van der Waals surface area (Å²) in [5, 5.41) is 4.90. The van der Waals surface area contributed by atoms with Gasteiger partial charge in [-0.15, -0.1) is 5.10 Å². The quantitative estimate of drug-likeness (QED) is 0.516. The van der Waals surface area contributed by atoms with E-state index in [9.17, 15) is 9.59 Å². The Balaban J connectivity index is 1.72. The van der Waals surface area contributed by atoms with Crippen LogP contribution < -0.4 is 4.90 Å². The Morgan fingerprint density at radius 1 is 1.18 bits per heavy atom. The van der Waals surface area contributed by atoms with Crippen LogP contribution in [0, 0.1) is 17.3 Å². The molecule has 7 heteroatoms. The summed E-state index contributed by atoms with van der Waals surface area (Å²) in [6.07, 6.45) is 12.4. The van der Waals surface area contributed by atoms with Crippen LogP contribution in [0.1, 0.15) is 95.8 Å². The second-order valence-electron chi connectivity index (χ2n) is 11.1. The third-order valence-electron chi connectivity index (χ3n) is 7.82. The maximum absolute atomic E-state index is 14.0. The fourth-order valence-electron chi connectivity index (χ4n) is 5.42. The summed E-state index contributed by atoms with van der Waals surface area (Å²) >= 11 is 0. The van der Waals surface area contributed by atoms with Gasteiger partial charge in [0.2, 0.25) is 5.91 Å². The highest BCUT2D eigenvalue weighted by atomic mass is 16.5. The molecule has 4 rings (SSSR count). The highest BCUT2D eigenvalue weighted by Crippen LogP contribution is 2.38. The smallest absolute Gasteiger partial charge is 0.343 e. The number of anilines is 1. The van der Waals surface area contributed by atoms with Gasteiger partial charge in [0.1, 0.15) is 5.56 Å². The Hall–Kier alpha value is -2.15. The lowest BCUT2D eigenvalue weighted by Gasteiger charge is -2.37. The molecule has 0 atom stereocenters. The van der Waals surface area contributed by atoms with Crippen LogP contribution in [0.5, 0.6) is 0 Å². The summed E-state index contributed by atoms with van der Waals surface area (Å²) in [5.74, 6) is 0.794. The van der Waals surface area contributed by atoms with Gasteiger partial charge in [-0.25, -0.2) is 9.48 Å². The van der Waals surface area contributed by atoms with Gasteiger partial charge in [-0.1, -0.05) is 26.8 Å². The predicted octanol–water partition coefficient (Wildman–Crippen LogP) is 5.45. The van der Waals surface area contributed by atoms with Crippen LogP contribution in [0.3, 0.4) is 0 Å². The van der Waals surface area contributed by atoms with Crippen molar-refractivity contribution in [1.82, 2.24) is 9.78 Å². The average molecular weight is 472 g/mol. The molecule has 7 nitrogen and oxygen atoms in total. The van der Waals surface area contributed by atoms with Gasteiger partial charge in [0.25, 0.3) is 0 Å². The average Bonchev–Trinajstić information content (AvgIpc) is 3.25. The first kappa shape index (κ1) is 25.0. The Bertz CT molecular complexity index is 905. The number of aromatic nitrogens is 2. The van der Waals surface area contributed by atoms with E-state index in [0.717, 1.165) is 63.5 Å². The van der Waals surface area contributed by atoms with E-state index in [-0.39, 0.29) is 29.9 Å². The molecule has 1 aromatic rings. The molecule has 2 aliphatic carbocycles. The number of rotatable bonds is 6. The first-order chi connectivity index (χ1) is 16.3. The molecule has 1 aliphatic heterocycles. The van der Waals surface area contributed by atoms with Crippen LogP contribution in [0.2, 0.25) is 0 Å². The molecular formula is C27H41N3O4. The molecule has 188 valence electrons. The number of hydrogen-bond donors (Lipinski definition) is 0. The van der Waals surface area contributed by atoms with E-state index in [1.54, 1.807) is 13.1 Å². The summed E-state index contributed by atoms with van der Waals surface area (Å²) in [4.78, 5) is 28.9. The molecule has 34 heavy (non-hydrogen) atoms. The molecule has 0 bridgehead atoms. The molecule has 0 aromatic carbocycles. The summed E-state index contributed by atoms with van der Waals surface area (Å²) in [6.45, 7) is 10.1. The molecule has 1 amide bonds. The maximum Gasteiger partial charge on any atom is 0.343 e. The second-order valence-corrected chi connectivity index (χ2v) is 11.1. The van der Waals surface area contributed by atoms with Crippen LogP contribution in [0.15, 0.2) is 12.3 Å². The molecule has 0 N–H and O–H groups in total. The number of carbonyl (C=O) groups excluding carboxylic acids is 2. The topological polar surface area (TPSA) is 73.7 Å². The minimum Gasteiger partial charge on any atom is -0.462 e. The fourth-order valence-corrected chi connectivity index (χ4v) is 5.42. The van der Waals surface area contributed by atoms with Gasteiger partial charge in [-0.3, -0.25) is 9.69 Å². The molecule has 1 saturated heterocycles. The number of allylic oxidation sites excluding steroid dienone is 2. The van der Waals surface area contributed by atoms with Crippen LogP contribution in [-0.4, -0.2) is 47.5 Å². The summed E-state index contributed by atoms with van der Waals surface area (Å²) < 4.78 is 12.8. The summed E-state index contributed by atoms with van der Waals surface area (Å²) in [7, 11) is 0. The van der Waals surface area contributed by atoms with Gasteiger partial charge in [-0.2, -0.15) is 0 Å². The molecule has 1 saturated carbocycles. The molecule has 3 aliphatic rings. The van der Waals surface area contributed by atoms with Crippen molar-refractivity contribution in [1.29, 1.82) is 0 Å². The van der Waals surface area contributed by atoms with Crippen molar-refractivity contribution in [2.24, 2.45) is 17.3 Å². The van der Waals surface area contributed by atoms with Gasteiger partial charge in [0, 0.05) is 37.1 Å². The van der Waals surface area contributed by atoms with Gasteiger partial charge in [0.15, 0.2) is 5.82 Å². The van der Waals surface area contributed by atoms with Gasteiger partial charge in [-0.05, 0) is 76.0 Å². The van der Waals surface area contributed by atoms with Crippen molar-refractivity contribution >= 4 is 23.4 Å². The Morgan fingerprint density at radius 3 is 2.50 bits per heavy atom. The lowest BCUT2D eigenvalue weighted by Crippen LogP contribution is -2.47. The Kier molecular flexibility index (Phi) is 7.80. The van der Waals surface area contributed by atoms with Crippen LogP contribution in [0.4, 0.5) is 5.82 Å². The van der Waals surface area contributed by atoms with E-state index in [2.05, 4.69) is 26.8 Å². The largest absolute Gasteiger partial charge is 0.462 e. The van der Waals surface area contributed by atoms with E-state index < -0.39 is 5.97 Å². The van der Waals surface area contributed by atoms with Crippen LogP contribution >= 0.6 is 0 Å². The minimum absolute atomic E-state index is 0.0172. The SMILES string of the molecule is CCOC(=O)c1cn(C2=CCC(C)(C)CC2)nc1N(C(=O)[C@H]1CC[C@H](C)CC1)C1CCOCC1. The molecular weight excluding hydrogens is 430 g/mol. The molecule has 2 heterocycles.